The fourth-order valence-corrected chi connectivity index (χ4v) is 2.76. The van der Waals surface area contributed by atoms with E-state index in [-0.39, 0.29) is 5.92 Å². The van der Waals surface area contributed by atoms with Crippen LogP contribution in [0.2, 0.25) is 0 Å². The molecule has 1 aliphatic rings. The Kier molecular flexibility index (Phi) is 3.78. The molecule has 0 radical (unpaired) electrons. The van der Waals surface area contributed by atoms with Crippen LogP contribution in [0.1, 0.15) is 59.3 Å². The molecule has 1 rings (SSSR count). The van der Waals surface area contributed by atoms with E-state index in [1.54, 1.807) is 0 Å². The van der Waals surface area contributed by atoms with Gasteiger partial charge < -0.3 is 5.11 Å². The lowest BCUT2D eigenvalue weighted by atomic mass is 9.60. The first-order valence-corrected chi connectivity index (χ1v) is 6.14. The molecule has 1 saturated carbocycles. The summed E-state index contributed by atoms with van der Waals surface area (Å²) in [6.45, 7) is 5.98. The van der Waals surface area contributed by atoms with Crippen molar-refractivity contribution in [2.45, 2.75) is 64.9 Å². The van der Waals surface area contributed by atoms with E-state index in [0.29, 0.717) is 0 Å². The SMILES string of the molecule is CCC(C)C(C)(O)C1(C#N)CCCCC1. The molecule has 0 aromatic heterocycles. The molecule has 0 bridgehead atoms. The quantitative estimate of drug-likeness (QED) is 0.775. The zero-order valence-corrected chi connectivity index (χ0v) is 10.2. The zero-order valence-electron chi connectivity index (χ0n) is 10.2. The van der Waals surface area contributed by atoms with Crippen LogP contribution in [0.3, 0.4) is 0 Å². The predicted octanol–water partition coefficient (Wildman–Crippen LogP) is 3.26. The topological polar surface area (TPSA) is 44.0 Å². The van der Waals surface area contributed by atoms with Crippen molar-refractivity contribution >= 4 is 0 Å². The first-order chi connectivity index (χ1) is 7.00. The van der Waals surface area contributed by atoms with E-state index in [2.05, 4.69) is 13.0 Å². The second kappa shape index (κ2) is 4.53. The summed E-state index contributed by atoms with van der Waals surface area (Å²) in [7, 11) is 0. The number of nitriles is 1. The molecule has 2 nitrogen and oxygen atoms in total. The summed E-state index contributed by atoms with van der Waals surface area (Å²) in [6, 6.07) is 2.42. The van der Waals surface area contributed by atoms with Gasteiger partial charge in [0.25, 0.3) is 0 Å². The smallest absolute Gasteiger partial charge is 0.0860 e. The molecule has 1 fully saturated rings. The van der Waals surface area contributed by atoms with Gasteiger partial charge in [-0.2, -0.15) is 5.26 Å². The Labute approximate surface area is 93.3 Å². The average molecular weight is 209 g/mol. The molecule has 2 heteroatoms. The highest BCUT2D eigenvalue weighted by molar-refractivity contribution is 5.12. The fourth-order valence-electron chi connectivity index (χ4n) is 2.76. The third kappa shape index (κ3) is 2.03. The highest BCUT2D eigenvalue weighted by Gasteiger charge is 2.50. The maximum atomic E-state index is 10.6. The van der Waals surface area contributed by atoms with Crippen molar-refractivity contribution in [3.05, 3.63) is 0 Å². The minimum atomic E-state index is -0.836. The van der Waals surface area contributed by atoms with Gasteiger partial charge in [0.15, 0.2) is 0 Å². The lowest BCUT2D eigenvalue weighted by Crippen LogP contribution is -2.50. The molecule has 0 amide bonds. The van der Waals surface area contributed by atoms with E-state index in [0.717, 1.165) is 32.1 Å². The first kappa shape index (κ1) is 12.5. The molecule has 2 unspecified atom stereocenters. The maximum absolute atomic E-state index is 10.6. The molecule has 2 atom stereocenters. The van der Waals surface area contributed by atoms with E-state index in [4.69, 9.17) is 0 Å². The van der Waals surface area contributed by atoms with Crippen LogP contribution >= 0.6 is 0 Å². The largest absolute Gasteiger partial charge is 0.388 e. The van der Waals surface area contributed by atoms with Gasteiger partial charge in [-0.05, 0) is 25.7 Å². The van der Waals surface area contributed by atoms with Gasteiger partial charge in [0, 0.05) is 0 Å². The monoisotopic (exact) mass is 209 g/mol. The van der Waals surface area contributed by atoms with Crippen molar-refractivity contribution in [1.82, 2.24) is 0 Å². The van der Waals surface area contributed by atoms with Crippen LogP contribution in [0, 0.1) is 22.7 Å². The summed E-state index contributed by atoms with van der Waals surface area (Å²) in [6.07, 6.45) is 6.03. The molecular weight excluding hydrogens is 186 g/mol. The molecule has 0 aromatic rings. The predicted molar refractivity (Wildman–Crippen MR) is 61.2 cm³/mol. The van der Waals surface area contributed by atoms with Crippen LogP contribution in [-0.2, 0) is 0 Å². The second-order valence-corrected chi connectivity index (χ2v) is 5.21. The van der Waals surface area contributed by atoms with Crippen LogP contribution in [0.25, 0.3) is 0 Å². The summed E-state index contributed by atoms with van der Waals surface area (Å²) in [4.78, 5) is 0. The molecule has 86 valence electrons. The fraction of sp³-hybridized carbons (Fsp3) is 0.923. The minimum absolute atomic E-state index is 0.190. The lowest BCUT2D eigenvalue weighted by Gasteiger charge is -2.46. The summed E-state index contributed by atoms with van der Waals surface area (Å²) in [5.74, 6) is 0.190. The molecule has 0 aliphatic heterocycles. The minimum Gasteiger partial charge on any atom is -0.388 e. The highest BCUT2D eigenvalue weighted by Crippen LogP contribution is 2.48. The number of nitrogens with zero attached hydrogens (tertiary/aromatic N) is 1. The van der Waals surface area contributed by atoms with Crippen LogP contribution in [0.5, 0.6) is 0 Å². The maximum Gasteiger partial charge on any atom is 0.0860 e. The van der Waals surface area contributed by atoms with Crippen LogP contribution in [0.15, 0.2) is 0 Å². The van der Waals surface area contributed by atoms with Gasteiger partial charge in [0.1, 0.15) is 0 Å². The molecule has 15 heavy (non-hydrogen) atoms. The third-order valence-electron chi connectivity index (χ3n) is 4.46. The Balaban J connectivity index is 2.94. The van der Waals surface area contributed by atoms with E-state index in [1.165, 1.54) is 6.42 Å². The number of hydrogen-bond acceptors (Lipinski definition) is 2. The lowest BCUT2D eigenvalue weighted by molar-refractivity contribution is -0.0973. The van der Waals surface area contributed by atoms with Crippen molar-refractivity contribution in [2.75, 3.05) is 0 Å². The Bertz CT molecular complexity index is 246. The number of rotatable bonds is 3. The Morgan fingerprint density at radius 1 is 1.40 bits per heavy atom. The summed E-state index contributed by atoms with van der Waals surface area (Å²) in [5.41, 5.74) is -1.34. The van der Waals surface area contributed by atoms with Gasteiger partial charge in [0.05, 0.1) is 17.1 Å². The van der Waals surface area contributed by atoms with Crippen molar-refractivity contribution in [3.8, 4) is 6.07 Å². The van der Waals surface area contributed by atoms with Crippen molar-refractivity contribution in [3.63, 3.8) is 0 Å². The van der Waals surface area contributed by atoms with E-state index < -0.39 is 11.0 Å². The Morgan fingerprint density at radius 3 is 2.33 bits per heavy atom. The number of hydrogen-bond donors (Lipinski definition) is 1. The van der Waals surface area contributed by atoms with Crippen molar-refractivity contribution in [1.29, 1.82) is 5.26 Å². The normalized spacial score (nSPS) is 26.3. The Morgan fingerprint density at radius 2 is 1.93 bits per heavy atom. The second-order valence-electron chi connectivity index (χ2n) is 5.21. The molecule has 1 aliphatic carbocycles. The van der Waals surface area contributed by atoms with E-state index >= 15 is 0 Å². The molecule has 0 spiro atoms. The molecule has 0 saturated heterocycles. The van der Waals surface area contributed by atoms with Crippen LogP contribution in [0.4, 0.5) is 0 Å². The van der Waals surface area contributed by atoms with Gasteiger partial charge in [0.2, 0.25) is 0 Å². The van der Waals surface area contributed by atoms with Crippen LogP contribution in [-0.4, -0.2) is 10.7 Å². The van der Waals surface area contributed by atoms with Crippen molar-refractivity contribution in [2.24, 2.45) is 11.3 Å². The molecule has 1 N–H and O–H groups in total. The molecular formula is C13H23NO. The van der Waals surface area contributed by atoms with Gasteiger partial charge in [-0.15, -0.1) is 0 Å². The van der Waals surface area contributed by atoms with Crippen LogP contribution < -0.4 is 0 Å². The third-order valence-corrected chi connectivity index (χ3v) is 4.46. The average Bonchev–Trinajstić information content (AvgIpc) is 2.28. The first-order valence-electron chi connectivity index (χ1n) is 6.14. The van der Waals surface area contributed by atoms with Gasteiger partial charge in [-0.25, -0.2) is 0 Å². The Hall–Kier alpha value is -0.550. The van der Waals surface area contributed by atoms with Gasteiger partial charge in [-0.1, -0.05) is 39.5 Å². The van der Waals surface area contributed by atoms with Gasteiger partial charge in [-0.3, -0.25) is 0 Å². The summed E-state index contributed by atoms with van der Waals surface area (Å²) < 4.78 is 0. The van der Waals surface area contributed by atoms with Gasteiger partial charge >= 0.3 is 0 Å². The van der Waals surface area contributed by atoms with E-state index in [1.807, 2.05) is 13.8 Å². The standard InChI is InChI=1S/C13H23NO/c1-4-11(2)12(3,15)13(10-14)8-6-5-7-9-13/h11,15H,4-9H2,1-3H3. The van der Waals surface area contributed by atoms with Crippen molar-refractivity contribution < 1.29 is 5.11 Å². The van der Waals surface area contributed by atoms with E-state index in [9.17, 15) is 10.4 Å². The molecule has 0 aromatic carbocycles. The molecule has 0 heterocycles. The number of aliphatic hydroxyl groups is 1. The summed E-state index contributed by atoms with van der Waals surface area (Å²) in [5, 5.41) is 20.0. The summed E-state index contributed by atoms with van der Waals surface area (Å²) >= 11 is 0. The zero-order chi connectivity index (χ0) is 11.5. The highest BCUT2D eigenvalue weighted by atomic mass is 16.3.